The van der Waals surface area contributed by atoms with Gasteiger partial charge in [-0.3, -0.25) is 4.79 Å². The zero-order valence-corrected chi connectivity index (χ0v) is 12.7. The molecule has 1 unspecified atom stereocenters. The number of aliphatic hydroxyl groups is 1. The first-order valence-corrected chi connectivity index (χ1v) is 6.95. The van der Waals surface area contributed by atoms with E-state index in [-0.39, 0.29) is 19.1 Å². The zero-order valence-electron chi connectivity index (χ0n) is 12.7. The van der Waals surface area contributed by atoms with Crippen molar-refractivity contribution in [2.75, 3.05) is 13.2 Å². The SMILES string of the molecule is Cc1c[c]cc(C)c1OCC(O)CNC(=O)CC(C)C. The van der Waals surface area contributed by atoms with Gasteiger partial charge in [-0.2, -0.15) is 0 Å². The second-order valence-electron chi connectivity index (χ2n) is 5.52. The van der Waals surface area contributed by atoms with Crippen LogP contribution >= 0.6 is 0 Å². The van der Waals surface area contributed by atoms with E-state index in [0.29, 0.717) is 12.3 Å². The van der Waals surface area contributed by atoms with Crippen LogP contribution in [0.15, 0.2) is 12.1 Å². The Morgan fingerprint density at radius 3 is 2.50 bits per heavy atom. The Kier molecular flexibility index (Phi) is 6.52. The van der Waals surface area contributed by atoms with Gasteiger partial charge >= 0.3 is 0 Å². The standard InChI is InChI=1S/C16H24NO3/c1-11(2)8-15(19)17-9-14(18)10-20-16-12(3)6-5-7-13(16)4/h6-7,11,14,18H,8-10H2,1-4H3,(H,17,19). The van der Waals surface area contributed by atoms with E-state index in [1.165, 1.54) is 0 Å². The molecule has 2 N–H and O–H groups in total. The third-order valence-corrected chi connectivity index (χ3v) is 2.86. The summed E-state index contributed by atoms with van der Waals surface area (Å²) in [7, 11) is 0. The molecule has 0 aromatic heterocycles. The third kappa shape index (κ3) is 5.61. The molecule has 0 aliphatic heterocycles. The molecule has 4 nitrogen and oxygen atoms in total. The average Bonchev–Trinajstić information content (AvgIpc) is 2.35. The molecule has 1 amide bonds. The number of carbonyl (C=O) groups excluding carboxylic acids is 1. The molecular weight excluding hydrogens is 254 g/mol. The van der Waals surface area contributed by atoms with E-state index in [2.05, 4.69) is 11.4 Å². The van der Waals surface area contributed by atoms with Gasteiger partial charge in [0.15, 0.2) is 0 Å². The molecule has 1 radical (unpaired) electrons. The van der Waals surface area contributed by atoms with E-state index < -0.39 is 6.10 Å². The van der Waals surface area contributed by atoms with Crippen LogP contribution in [0.25, 0.3) is 0 Å². The summed E-state index contributed by atoms with van der Waals surface area (Å²) < 4.78 is 5.62. The van der Waals surface area contributed by atoms with Crippen LogP contribution in [-0.2, 0) is 4.79 Å². The van der Waals surface area contributed by atoms with Crippen molar-refractivity contribution in [3.8, 4) is 5.75 Å². The predicted octanol–water partition coefficient (Wildman–Crippen LogP) is 2.01. The predicted molar refractivity (Wildman–Crippen MR) is 78.7 cm³/mol. The van der Waals surface area contributed by atoms with Gasteiger partial charge in [-0.25, -0.2) is 0 Å². The molecule has 0 saturated carbocycles. The average molecular weight is 278 g/mol. The Hall–Kier alpha value is -1.55. The number of carbonyl (C=O) groups is 1. The van der Waals surface area contributed by atoms with E-state index in [9.17, 15) is 9.90 Å². The smallest absolute Gasteiger partial charge is 0.220 e. The Labute approximate surface area is 121 Å². The lowest BCUT2D eigenvalue weighted by molar-refractivity contribution is -0.122. The van der Waals surface area contributed by atoms with Crippen LogP contribution in [0.3, 0.4) is 0 Å². The fourth-order valence-electron chi connectivity index (χ4n) is 1.87. The molecule has 0 fully saturated rings. The van der Waals surface area contributed by atoms with Gasteiger partial charge in [-0.05, 0) is 49.1 Å². The Morgan fingerprint density at radius 1 is 1.35 bits per heavy atom. The fraction of sp³-hybridized carbons (Fsp3) is 0.562. The first kappa shape index (κ1) is 16.5. The van der Waals surface area contributed by atoms with Crippen molar-refractivity contribution >= 4 is 5.91 Å². The minimum absolute atomic E-state index is 0.0410. The van der Waals surface area contributed by atoms with E-state index in [1.807, 2.05) is 39.8 Å². The molecule has 1 aromatic rings. The number of hydrogen-bond acceptors (Lipinski definition) is 3. The van der Waals surface area contributed by atoms with Crippen molar-refractivity contribution in [3.63, 3.8) is 0 Å². The van der Waals surface area contributed by atoms with E-state index in [4.69, 9.17) is 4.74 Å². The van der Waals surface area contributed by atoms with Crippen LogP contribution in [0.4, 0.5) is 0 Å². The molecular formula is C16H24NO3. The van der Waals surface area contributed by atoms with Gasteiger partial charge in [0, 0.05) is 13.0 Å². The van der Waals surface area contributed by atoms with Crippen molar-refractivity contribution in [1.29, 1.82) is 0 Å². The summed E-state index contributed by atoms with van der Waals surface area (Å²) in [5.41, 5.74) is 1.97. The Bertz CT molecular complexity index is 423. The molecule has 1 aromatic carbocycles. The number of ether oxygens (including phenoxy) is 1. The Balaban J connectivity index is 2.36. The molecule has 1 rings (SSSR count). The molecule has 1 atom stereocenters. The lowest BCUT2D eigenvalue weighted by Gasteiger charge is -2.16. The highest BCUT2D eigenvalue weighted by Crippen LogP contribution is 2.21. The lowest BCUT2D eigenvalue weighted by atomic mass is 10.1. The van der Waals surface area contributed by atoms with Crippen LogP contribution in [0, 0.1) is 25.8 Å². The minimum Gasteiger partial charge on any atom is -0.490 e. The van der Waals surface area contributed by atoms with Crippen LogP contribution in [-0.4, -0.2) is 30.3 Å². The molecule has 0 aliphatic rings. The molecule has 0 saturated heterocycles. The maximum atomic E-state index is 11.5. The number of hydrogen-bond donors (Lipinski definition) is 2. The minimum atomic E-state index is -0.714. The van der Waals surface area contributed by atoms with Crippen molar-refractivity contribution in [3.05, 3.63) is 29.3 Å². The highest BCUT2D eigenvalue weighted by atomic mass is 16.5. The summed E-state index contributed by atoms with van der Waals surface area (Å²) in [6, 6.07) is 6.71. The summed E-state index contributed by atoms with van der Waals surface area (Å²) >= 11 is 0. The van der Waals surface area contributed by atoms with Gasteiger partial charge in [-0.15, -0.1) is 0 Å². The highest BCUT2D eigenvalue weighted by molar-refractivity contribution is 5.76. The van der Waals surface area contributed by atoms with Gasteiger partial charge < -0.3 is 15.2 Å². The first-order chi connectivity index (χ1) is 9.40. The maximum absolute atomic E-state index is 11.5. The van der Waals surface area contributed by atoms with E-state index in [0.717, 1.165) is 16.9 Å². The number of nitrogens with one attached hydrogen (secondary N) is 1. The normalized spacial score (nSPS) is 12.3. The Morgan fingerprint density at radius 2 is 1.95 bits per heavy atom. The maximum Gasteiger partial charge on any atom is 0.220 e. The molecule has 111 valence electrons. The van der Waals surface area contributed by atoms with Gasteiger partial charge in [0.1, 0.15) is 18.5 Å². The van der Waals surface area contributed by atoms with Gasteiger partial charge in [-0.1, -0.05) is 13.8 Å². The van der Waals surface area contributed by atoms with E-state index >= 15 is 0 Å². The topological polar surface area (TPSA) is 58.6 Å². The highest BCUT2D eigenvalue weighted by Gasteiger charge is 2.11. The monoisotopic (exact) mass is 278 g/mol. The molecule has 0 aliphatic carbocycles. The summed E-state index contributed by atoms with van der Waals surface area (Å²) in [4.78, 5) is 11.5. The summed E-state index contributed by atoms with van der Waals surface area (Å²) in [5, 5.41) is 12.5. The summed E-state index contributed by atoms with van der Waals surface area (Å²) in [6.45, 7) is 8.22. The van der Waals surface area contributed by atoms with Crippen molar-refractivity contribution in [1.82, 2.24) is 5.32 Å². The molecule has 20 heavy (non-hydrogen) atoms. The number of rotatable bonds is 7. The quantitative estimate of drug-likeness (QED) is 0.802. The number of benzene rings is 1. The second kappa shape index (κ2) is 7.90. The number of aryl methyl sites for hydroxylation is 2. The molecule has 0 heterocycles. The van der Waals surface area contributed by atoms with Crippen LogP contribution in [0.1, 0.15) is 31.4 Å². The zero-order chi connectivity index (χ0) is 15.1. The van der Waals surface area contributed by atoms with Gasteiger partial charge in [0.2, 0.25) is 5.91 Å². The van der Waals surface area contributed by atoms with Gasteiger partial charge in [0.25, 0.3) is 0 Å². The molecule has 0 bridgehead atoms. The lowest BCUT2D eigenvalue weighted by Crippen LogP contribution is -2.35. The van der Waals surface area contributed by atoms with Crippen LogP contribution in [0.2, 0.25) is 0 Å². The van der Waals surface area contributed by atoms with E-state index in [1.54, 1.807) is 0 Å². The first-order valence-electron chi connectivity index (χ1n) is 6.95. The summed E-state index contributed by atoms with van der Waals surface area (Å²) in [6.07, 6.45) is -0.241. The van der Waals surface area contributed by atoms with Crippen molar-refractivity contribution in [2.45, 2.75) is 40.2 Å². The molecule has 4 heteroatoms. The fourth-order valence-corrected chi connectivity index (χ4v) is 1.87. The number of aliphatic hydroxyl groups excluding tert-OH is 1. The largest absolute Gasteiger partial charge is 0.490 e. The van der Waals surface area contributed by atoms with Crippen molar-refractivity contribution < 1.29 is 14.6 Å². The van der Waals surface area contributed by atoms with Crippen LogP contribution < -0.4 is 10.1 Å². The second-order valence-corrected chi connectivity index (χ2v) is 5.52. The van der Waals surface area contributed by atoms with Crippen molar-refractivity contribution in [2.24, 2.45) is 5.92 Å². The number of amides is 1. The molecule has 0 spiro atoms. The summed E-state index contributed by atoms with van der Waals surface area (Å²) in [5.74, 6) is 1.05. The van der Waals surface area contributed by atoms with Gasteiger partial charge in [0.05, 0.1) is 0 Å². The van der Waals surface area contributed by atoms with Crippen LogP contribution in [0.5, 0.6) is 5.75 Å². The third-order valence-electron chi connectivity index (χ3n) is 2.86.